The zero-order valence-corrected chi connectivity index (χ0v) is 10.5. The fraction of sp³-hybridized carbons (Fsp3) is 0.417. The Hall–Kier alpha value is -1.23. The summed E-state index contributed by atoms with van der Waals surface area (Å²) in [6.45, 7) is 1.86. The number of rotatable bonds is 4. The average molecular weight is 280 g/mol. The first kappa shape index (κ1) is 14.8. The third-order valence-electron chi connectivity index (χ3n) is 2.49. The second-order valence-electron chi connectivity index (χ2n) is 3.81. The van der Waals surface area contributed by atoms with Gasteiger partial charge in [0, 0.05) is 17.5 Å². The molecule has 0 saturated carbocycles. The van der Waals surface area contributed by atoms with Crippen LogP contribution in [0.25, 0.3) is 0 Å². The van der Waals surface area contributed by atoms with Gasteiger partial charge in [-0.05, 0) is 30.7 Å². The molecule has 0 aliphatic rings. The van der Waals surface area contributed by atoms with E-state index in [4.69, 9.17) is 11.6 Å². The van der Waals surface area contributed by atoms with Crippen molar-refractivity contribution >= 4 is 17.5 Å². The van der Waals surface area contributed by atoms with E-state index in [0.29, 0.717) is 6.42 Å². The smallest absolute Gasteiger partial charge is 0.348 e. The van der Waals surface area contributed by atoms with E-state index >= 15 is 0 Å². The molecule has 0 bridgehead atoms. The van der Waals surface area contributed by atoms with Crippen molar-refractivity contribution in [2.45, 2.75) is 25.6 Å². The highest BCUT2D eigenvalue weighted by molar-refractivity contribution is 6.18. The Kier molecular flexibility index (Phi) is 5.02. The predicted octanol–water partition coefficient (Wildman–Crippen LogP) is 3.45. The molecule has 1 unspecified atom stereocenters. The van der Waals surface area contributed by atoms with Gasteiger partial charge in [-0.3, -0.25) is 4.79 Å². The van der Waals surface area contributed by atoms with Crippen LogP contribution in [0.4, 0.5) is 13.2 Å². The lowest BCUT2D eigenvalue weighted by Gasteiger charge is -2.14. The second-order valence-corrected chi connectivity index (χ2v) is 4.12. The number of hydrogen-bond donors (Lipinski definition) is 1. The Labute approximate surface area is 108 Å². The largest absolute Gasteiger partial charge is 0.416 e. The van der Waals surface area contributed by atoms with Crippen molar-refractivity contribution in [3.63, 3.8) is 0 Å². The molecule has 0 radical (unpaired) electrons. The number of carbonyl (C=O) groups excluding carboxylic acids is 1. The van der Waals surface area contributed by atoms with Crippen molar-refractivity contribution < 1.29 is 18.0 Å². The first-order valence-corrected chi connectivity index (χ1v) is 5.96. The van der Waals surface area contributed by atoms with Crippen LogP contribution < -0.4 is 5.32 Å². The lowest BCUT2D eigenvalue weighted by atomic mass is 10.1. The molecule has 0 aliphatic carbocycles. The van der Waals surface area contributed by atoms with Crippen LogP contribution in [-0.2, 0) is 6.18 Å². The lowest BCUT2D eigenvalue weighted by Crippen LogP contribution is -2.35. The zero-order valence-electron chi connectivity index (χ0n) is 9.72. The van der Waals surface area contributed by atoms with Crippen LogP contribution in [0.5, 0.6) is 0 Å². The summed E-state index contributed by atoms with van der Waals surface area (Å²) in [6.07, 6.45) is -3.73. The van der Waals surface area contributed by atoms with Gasteiger partial charge in [0.15, 0.2) is 0 Å². The maximum absolute atomic E-state index is 12.3. The summed E-state index contributed by atoms with van der Waals surface area (Å²) < 4.78 is 37.0. The molecule has 0 spiro atoms. The van der Waals surface area contributed by atoms with E-state index in [1.807, 2.05) is 6.92 Å². The van der Waals surface area contributed by atoms with Crippen LogP contribution in [-0.4, -0.2) is 17.8 Å². The number of amides is 1. The molecule has 1 atom stereocenters. The van der Waals surface area contributed by atoms with E-state index in [0.717, 1.165) is 24.3 Å². The summed E-state index contributed by atoms with van der Waals surface area (Å²) in [5.41, 5.74) is -0.588. The van der Waals surface area contributed by atoms with Crippen molar-refractivity contribution in [2.24, 2.45) is 0 Å². The number of halogens is 4. The van der Waals surface area contributed by atoms with Crippen LogP contribution in [0.15, 0.2) is 24.3 Å². The molecule has 0 aliphatic heterocycles. The fourth-order valence-electron chi connectivity index (χ4n) is 1.33. The van der Waals surface area contributed by atoms with Crippen LogP contribution in [0, 0.1) is 0 Å². The van der Waals surface area contributed by atoms with Gasteiger partial charge in [-0.25, -0.2) is 0 Å². The molecule has 0 heterocycles. The fourth-order valence-corrected chi connectivity index (χ4v) is 1.62. The first-order valence-electron chi connectivity index (χ1n) is 5.42. The van der Waals surface area contributed by atoms with Crippen molar-refractivity contribution in [3.8, 4) is 0 Å². The summed E-state index contributed by atoms with van der Waals surface area (Å²) in [5, 5.41) is 2.64. The monoisotopic (exact) mass is 279 g/mol. The third kappa shape index (κ3) is 3.91. The molecule has 1 aromatic carbocycles. The molecule has 2 nitrogen and oxygen atoms in total. The molecule has 18 heavy (non-hydrogen) atoms. The van der Waals surface area contributed by atoms with Crippen molar-refractivity contribution in [2.75, 3.05) is 5.88 Å². The van der Waals surface area contributed by atoms with Gasteiger partial charge < -0.3 is 5.32 Å². The third-order valence-corrected chi connectivity index (χ3v) is 2.86. The van der Waals surface area contributed by atoms with Gasteiger partial charge in [-0.1, -0.05) is 6.92 Å². The summed E-state index contributed by atoms with van der Waals surface area (Å²) >= 11 is 5.62. The highest BCUT2D eigenvalue weighted by atomic mass is 35.5. The molecule has 1 amide bonds. The van der Waals surface area contributed by atoms with Crippen LogP contribution in [0.3, 0.4) is 0 Å². The van der Waals surface area contributed by atoms with E-state index in [9.17, 15) is 18.0 Å². The molecule has 1 N–H and O–H groups in total. The number of nitrogens with one attached hydrogen (secondary N) is 1. The van der Waals surface area contributed by atoms with Gasteiger partial charge in [0.25, 0.3) is 5.91 Å². The van der Waals surface area contributed by atoms with Gasteiger partial charge in [0.05, 0.1) is 5.56 Å². The second kappa shape index (κ2) is 6.09. The summed E-state index contributed by atoms with van der Waals surface area (Å²) in [6, 6.07) is 3.90. The quantitative estimate of drug-likeness (QED) is 0.841. The van der Waals surface area contributed by atoms with Crippen LogP contribution in [0.1, 0.15) is 29.3 Å². The molecule has 1 rings (SSSR count). The molecular weight excluding hydrogens is 267 g/mol. The Bertz CT molecular complexity index is 399. The highest BCUT2D eigenvalue weighted by Gasteiger charge is 2.30. The average Bonchev–Trinajstić information content (AvgIpc) is 2.34. The van der Waals surface area contributed by atoms with Crippen LogP contribution in [0.2, 0.25) is 0 Å². The maximum atomic E-state index is 12.3. The minimum Gasteiger partial charge on any atom is -0.348 e. The number of benzene rings is 1. The molecule has 1 aromatic rings. The Balaban J connectivity index is 2.76. The topological polar surface area (TPSA) is 29.1 Å². The SMILES string of the molecule is CCC(CCl)NC(=O)c1ccc(C(F)(F)F)cc1. The summed E-state index contributed by atoms with van der Waals surface area (Å²) in [7, 11) is 0. The maximum Gasteiger partial charge on any atom is 0.416 e. The van der Waals surface area contributed by atoms with Crippen molar-refractivity contribution in [3.05, 3.63) is 35.4 Å². The highest BCUT2D eigenvalue weighted by Crippen LogP contribution is 2.29. The van der Waals surface area contributed by atoms with Crippen molar-refractivity contribution in [1.82, 2.24) is 5.32 Å². The van der Waals surface area contributed by atoms with Gasteiger partial charge in [0.1, 0.15) is 0 Å². The number of hydrogen-bond acceptors (Lipinski definition) is 1. The lowest BCUT2D eigenvalue weighted by molar-refractivity contribution is -0.137. The standard InChI is InChI=1S/C12H13ClF3NO/c1-2-10(7-13)17-11(18)8-3-5-9(6-4-8)12(14,15)16/h3-6,10H,2,7H2,1H3,(H,17,18). The van der Waals surface area contributed by atoms with E-state index < -0.39 is 17.6 Å². The Morgan fingerprint density at radius 1 is 1.33 bits per heavy atom. The molecule has 0 fully saturated rings. The van der Waals surface area contributed by atoms with E-state index in [1.165, 1.54) is 0 Å². The van der Waals surface area contributed by atoms with Gasteiger partial charge in [-0.2, -0.15) is 13.2 Å². The van der Waals surface area contributed by atoms with Gasteiger partial charge >= 0.3 is 6.18 Å². The normalized spacial score (nSPS) is 13.2. The number of carbonyl (C=O) groups is 1. The minimum atomic E-state index is -4.39. The van der Waals surface area contributed by atoms with E-state index in [1.54, 1.807) is 0 Å². The van der Waals surface area contributed by atoms with Gasteiger partial charge in [-0.15, -0.1) is 11.6 Å². The van der Waals surface area contributed by atoms with E-state index in [2.05, 4.69) is 5.32 Å². The molecule has 0 aromatic heterocycles. The van der Waals surface area contributed by atoms with Crippen LogP contribution >= 0.6 is 11.6 Å². The zero-order chi connectivity index (χ0) is 13.8. The van der Waals surface area contributed by atoms with E-state index in [-0.39, 0.29) is 17.5 Å². The molecular formula is C12H13ClF3NO. The number of alkyl halides is 4. The molecule has 6 heteroatoms. The summed E-state index contributed by atoms with van der Waals surface area (Å²) in [5.74, 6) is -0.153. The predicted molar refractivity (Wildman–Crippen MR) is 63.7 cm³/mol. The molecule has 0 saturated heterocycles. The minimum absolute atomic E-state index is 0.179. The van der Waals surface area contributed by atoms with Crippen molar-refractivity contribution in [1.29, 1.82) is 0 Å². The molecule has 100 valence electrons. The summed E-state index contributed by atoms with van der Waals surface area (Å²) in [4.78, 5) is 11.7. The Morgan fingerprint density at radius 2 is 1.89 bits per heavy atom. The van der Waals surface area contributed by atoms with Gasteiger partial charge in [0.2, 0.25) is 0 Å². The Morgan fingerprint density at radius 3 is 2.28 bits per heavy atom. The first-order chi connectivity index (χ1) is 8.38.